The van der Waals surface area contributed by atoms with E-state index >= 15 is 0 Å². The van der Waals surface area contributed by atoms with E-state index in [0.717, 1.165) is 16.2 Å². The molecule has 142 valence electrons. The monoisotopic (exact) mass is 429 g/mol. The number of rotatable bonds is 4. The van der Waals surface area contributed by atoms with Gasteiger partial charge in [0.25, 0.3) is 5.91 Å². The molecule has 1 fully saturated rings. The Balaban J connectivity index is 2.05. The first-order valence-electron chi connectivity index (χ1n) is 7.76. The van der Waals surface area contributed by atoms with Crippen molar-refractivity contribution in [3.8, 4) is 0 Å². The van der Waals surface area contributed by atoms with E-state index in [2.05, 4.69) is 9.73 Å². The Morgan fingerprint density at radius 2 is 1.85 bits per heavy atom. The van der Waals surface area contributed by atoms with E-state index in [-0.39, 0.29) is 29.2 Å². The lowest BCUT2D eigenvalue weighted by Gasteiger charge is -2.10. The maximum Gasteiger partial charge on any atom is 0.325 e. The van der Waals surface area contributed by atoms with Gasteiger partial charge < -0.3 is 9.30 Å². The number of nitrogens with zero attached hydrogens (tertiary/aromatic N) is 3. The Hall–Kier alpha value is -2.23. The SMILES string of the molecule is COC(=O)Cn1c(=NC(=O)CN2C(=O)CCC2=O)sc2cc(Cl)cc(Cl)c21. The van der Waals surface area contributed by atoms with Crippen LogP contribution in [0.15, 0.2) is 17.1 Å². The lowest BCUT2D eigenvalue weighted by atomic mass is 10.3. The second-order valence-corrected chi connectivity index (χ2v) is 7.51. The van der Waals surface area contributed by atoms with Gasteiger partial charge in [0.1, 0.15) is 13.1 Å². The molecule has 1 aliphatic rings. The predicted octanol–water partition coefficient (Wildman–Crippen LogP) is 1.76. The zero-order valence-electron chi connectivity index (χ0n) is 14.0. The predicted molar refractivity (Wildman–Crippen MR) is 98.4 cm³/mol. The van der Waals surface area contributed by atoms with E-state index in [1.807, 2.05) is 0 Å². The van der Waals surface area contributed by atoms with Crippen LogP contribution in [0.5, 0.6) is 0 Å². The molecule has 2 aromatic rings. The minimum Gasteiger partial charge on any atom is -0.468 e. The molecule has 1 aromatic heterocycles. The molecule has 27 heavy (non-hydrogen) atoms. The zero-order valence-corrected chi connectivity index (χ0v) is 16.4. The van der Waals surface area contributed by atoms with Gasteiger partial charge >= 0.3 is 5.97 Å². The van der Waals surface area contributed by atoms with Crippen molar-refractivity contribution in [3.63, 3.8) is 0 Å². The highest BCUT2D eigenvalue weighted by molar-refractivity contribution is 7.16. The second-order valence-electron chi connectivity index (χ2n) is 5.66. The molecule has 0 spiro atoms. The number of thiazole rings is 1. The Labute approximate surface area is 166 Å². The molecule has 11 heteroatoms. The molecule has 0 saturated carbocycles. The number of carbonyl (C=O) groups excluding carboxylic acids is 4. The van der Waals surface area contributed by atoms with Crippen LogP contribution in [-0.2, 0) is 30.5 Å². The smallest absolute Gasteiger partial charge is 0.325 e. The Bertz CT molecular complexity index is 1030. The van der Waals surface area contributed by atoms with E-state index in [9.17, 15) is 19.2 Å². The van der Waals surface area contributed by atoms with E-state index < -0.39 is 30.2 Å². The Morgan fingerprint density at radius 1 is 1.19 bits per heavy atom. The zero-order chi connectivity index (χ0) is 19.7. The summed E-state index contributed by atoms with van der Waals surface area (Å²) in [7, 11) is 1.24. The van der Waals surface area contributed by atoms with E-state index in [4.69, 9.17) is 23.2 Å². The molecule has 1 aromatic carbocycles. The largest absolute Gasteiger partial charge is 0.468 e. The van der Waals surface area contributed by atoms with Gasteiger partial charge in [-0.3, -0.25) is 24.1 Å². The molecule has 3 amide bonds. The third-order valence-electron chi connectivity index (χ3n) is 3.88. The Kier molecular flexibility index (Phi) is 5.64. The number of ether oxygens (including phenoxy) is 1. The number of halogens is 2. The van der Waals surface area contributed by atoms with Crippen molar-refractivity contribution in [1.82, 2.24) is 9.47 Å². The van der Waals surface area contributed by atoms with Crippen LogP contribution < -0.4 is 4.80 Å². The summed E-state index contributed by atoms with van der Waals surface area (Å²) in [5, 5.41) is 0.682. The molecule has 0 radical (unpaired) electrons. The van der Waals surface area contributed by atoms with Gasteiger partial charge in [-0.25, -0.2) is 0 Å². The number of amides is 3. The number of aromatic nitrogens is 1. The number of carbonyl (C=O) groups is 4. The molecule has 0 aliphatic carbocycles. The summed E-state index contributed by atoms with van der Waals surface area (Å²) in [6, 6.07) is 3.15. The maximum atomic E-state index is 12.3. The minimum atomic E-state index is -0.689. The van der Waals surface area contributed by atoms with Gasteiger partial charge in [0.2, 0.25) is 11.8 Å². The summed E-state index contributed by atoms with van der Waals surface area (Å²) in [5.41, 5.74) is 0.483. The molecule has 1 aliphatic heterocycles. The summed E-state index contributed by atoms with van der Waals surface area (Å²) in [5.74, 6) is -2.06. The quantitative estimate of drug-likeness (QED) is 0.544. The van der Waals surface area contributed by atoms with Crippen LogP contribution in [0.1, 0.15) is 12.8 Å². The molecule has 0 unspecified atom stereocenters. The van der Waals surface area contributed by atoms with Crippen molar-refractivity contribution in [2.75, 3.05) is 13.7 Å². The highest BCUT2D eigenvalue weighted by Crippen LogP contribution is 2.29. The molecule has 8 nitrogen and oxygen atoms in total. The van der Waals surface area contributed by atoms with Crippen LogP contribution in [0.4, 0.5) is 0 Å². The van der Waals surface area contributed by atoms with Crippen molar-refractivity contribution >= 4 is 68.4 Å². The fourth-order valence-electron chi connectivity index (χ4n) is 2.63. The maximum absolute atomic E-state index is 12.3. The fourth-order valence-corrected chi connectivity index (χ4v) is 4.46. The van der Waals surface area contributed by atoms with Gasteiger partial charge in [0.05, 0.1) is 22.3 Å². The van der Waals surface area contributed by atoms with Crippen LogP contribution in [0.3, 0.4) is 0 Å². The van der Waals surface area contributed by atoms with Crippen molar-refractivity contribution < 1.29 is 23.9 Å². The summed E-state index contributed by atoms with van der Waals surface area (Å²) in [6.07, 6.45) is 0.177. The number of imide groups is 1. The standard InChI is InChI=1S/C16H13Cl2N3O5S/c1-26-14(25)7-21-15-9(18)4-8(17)5-10(15)27-16(21)19-11(22)6-20-12(23)2-3-13(20)24/h4-5H,2-3,6-7H2,1H3. The van der Waals surface area contributed by atoms with E-state index in [1.54, 1.807) is 6.07 Å². The lowest BCUT2D eigenvalue weighted by Crippen LogP contribution is -2.34. The van der Waals surface area contributed by atoms with Gasteiger partial charge in [0.15, 0.2) is 4.80 Å². The summed E-state index contributed by atoms with van der Waals surface area (Å²) >= 11 is 13.4. The highest BCUT2D eigenvalue weighted by atomic mass is 35.5. The summed E-state index contributed by atoms with van der Waals surface area (Å²) in [4.78, 5) is 52.4. The molecule has 3 rings (SSSR count). The number of fused-ring (bicyclic) bond motifs is 1. The third-order valence-corrected chi connectivity index (χ3v) is 5.41. The highest BCUT2D eigenvalue weighted by Gasteiger charge is 2.30. The first kappa shape index (κ1) is 19.5. The number of hydrogen-bond acceptors (Lipinski definition) is 6. The Morgan fingerprint density at radius 3 is 2.48 bits per heavy atom. The molecular weight excluding hydrogens is 417 g/mol. The van der Waals surface area contributed by atoms with Gasteiger partial charge in [-0.05, 0) is 12.1 Å². The molecule has 0 atom stereocenters. The number of methoxy groups -OCH3 is 1. The fraction of sp³-hybridized carbons (Fsp3) is 0.312. The third kappa shape index (κ3) is 4.05. The number of hydrogen-bond donors (Lipinski definition) is 0. The van der Waals surface area contributed by atoms with E-state index in [0.29, 0.717) is 15.2 Å². The normalized spacial score (nSPS) is 15.1. The number of likely N-dealkylation sites (tertiary alicyclic amines) is 1. The second kappa shape index (κ2) is 7.79. The van der Waals surface area contributed by atoms with Gasteiger partial charge in [-0.15, -0.1) is 0 Å². The van der Waals surface area contributed by atoms with Crippen molar-refractivity contribution in [2.45, 2.75) is 19.4 Å². The van der Waals surface area contributed by atoms with Crippen molar-refractivity contribution in [2.24, 2.45) is 4.99 Å². The first-order chi connectivity index (χ1) is 12.8. The molecule has 1 saturated heterocycles. The molecule has 2 heterocycles. The van der Waals surface area contributed by atoms with Crippen LogP contribution in [0.25, 0.3) is 10.2 Å². The molecular formula is C16H13Cl2N3O5S. The van der Waals surface area contributed by atoms with Crippen LogP contribution in [0.2, 0.25) is 10.0 Å². The first-order valence-corrected chi connectivity index (χ1v) is 9.33. The summed E-state index contributed by atoms with van der Waals surface area (Å²) in [6.45, 7) is -0.663. The van der Waals surface area contributed by atoms with E-state index in [1.165, 1.54) is 17.7 Å². The average Bonchev–Trinajstić information content (AvgIpc) is 3.09. The topological polar surface area (TPSA) is 98.0 Å². The number of esters is 1. The van der Waals surface area contributed by atoms with Crippen LogP contribution in [0, 0.1) is 0 Å². The van der Waals surface area contributed by atoms with Crippen molar-refractivity contribution in [1.29, 1.82) is 0 Å². The minimum absolute atomic E-state index is 0.0887. The van der Waals surface area contributed by atoms with Crippen molar-refractivity contribution in [3.05, 3.63) is 27.0 Å². The average molecular weight is 430 g/mol. The van der Waals surface area contributed by atoms with Gasteiger partial charge in [-0.2, -0.15) is 4.99 Å². The van der Waals surface area contributed by atoms with Crippen LogP contribution in [-0.4, -0.2) is 46.8 Å². The van der Waals surface area contributed by atoms with Gasteiger partial charge in [0, 0.05) is 17.9 Å². The lowest BCUT2D eigenvalue weighted by molar-refractivity contribution is -0.142. The summed E-state index contributed by atoms with van der Waals surface area (Å²) < 4.78 is 6.75. The van der Waals surface area contributed by atoms with Gasteiger partial charge in [-0.1, -0.05) is 34.5 Å². The molecule has 0 bridgehead atoms. The molecule has 0 N–H and O–H groups in total. The van der Waals surface area contributed by atoms with Crippen LogP contribution >= 0.6 is 34.5 Å². The number of benzene rings is 1.